The van der Waals surface area contributed by atoms with Gasteiger partial charge in [0, 0.05) is 25.4 Å². The van der Waals surface area contributed by atoms with E-state index in [0.29, 0.717) is 53.9 Å². The molecule has 1 atom stereocenters. The number of aromatic nitrogens is 2. The zero-order chi connectivity index (χ0) is 28.1. The summed E-state index contributed by atoms with van der Waals surface area (Å²) in [5, 5.41) is 3.35. The standard InChI is InChI=1S/C29H31N5O5S/c1-19(2)26-27(35)34(28(40)32-26)24-11-10-23(17-31-24)39-29(36)33-15-12-20(13-16-33)18-37-21-6-8-22(9-7-21)38-25-5-3-4-14-30-25/h3-11,14,17,19-20,26H,12-13,15-16,18H2,1-2H3,(H,32,40). The van der Waals surface area contributed by atoms with Crippen LogP contribution in [0.5, 0.6) is 23.1 Å². The van der Waals surface area contributed by atoms with Crippen molar-refractivity contribution in [2.45, 2.75) is 32.7 Å². The molecular weight excluding hydrogens is 530 g/mol. The first-order chi connectivity index (χ1) is 19.4. The number of thiocarbonyl (C=S) groups is 1. The molecule has 0 radical (unpaired) electrons. The predicted octanol–water partition coefficient (Wildman–Crippen LogP) is 4.80. The number of likely N-dealkylation sites (tertiary alicyclic amines) is 1. The third kappa shape index (κ3) is 6.48. The molecule has 10 nitrogen and oxygen atoms in total. The molecule has 2 aliphatic rings. The van der Waals surface area contributed by atoms with Crippen LogP contribution in [0.15, 0.2) is 67.0 Å². The van der Waals surface area contributed by atoms with Gasteiger partial charge in [0.05, 0.1) is 12.8 Å². The Hall–Kier alpha value is -4.25. The molecule has 2 amide bonds. The van der Waals surface area contributed by atoms with Gasteiger partial charge in [0.15, 0.2) is 10.9 Å². The number of pyridine rings is 2. The van der Waals surface area contributed by atoms with Gasteiger partial charge in [0.25, 0.3) is 5.91 Å². The molecule has 0 bridgehead atoms. The van der Waals surface area contributed by atoms with E-state index in [4.69, 9.17) is 26.4 Å². The molecular formula is C29H31N5O5S. The molecule has 4 heterocycles. The molecule has 2 saturated heterocycles. The van der Waals surface area contributed by atoms with Gasteiger partial charge in [-0.3, -0.25) is 4.79 Å². The van der Waals surface area contributed by atoms with Gasteiger partial charge in [-0.15, -0.1) is 0 Å². The van der Waals surface area contributed by atoms with Crippen LogP contribution in [0.4, 0.5) is 10.6 Å². The first-order valence-corrected chi connectivity index (χ1v) is 13.7. The monoisotopic (exact) mass is 561 g/mol. The summed E-state index contributed by atoms with van der Waals surface area (Å²) in [4.78, 5) is 36.9. The molecule has 2 aliphatic heterocycles. The zero-order valence-corrected chi connectivity index (χ0v) is 23.2. The number of ether oxygens (including phenoxy) is 3. The summed E-state index contributed by atoms with van der Waals surface area (Å²) >= 11 is 5.31. The molecule has 5 rings (SSSR count). The summed E-state index contributed by atoms with van der Waals surface area (Å²) in [6, 6.07) is 15.8. The van der Waals surface area contributed by atoms with Gasteiger partial charge in [-0.2, -0.15) is 0 Å². The number of nitrogens with one attached hydrogen (secondary N) is 1. The second-order valence-electron chi connectivity index (χ2n) is 10.0. The molecule has 0 aliphatic carbocycles. The maximum absolute atomic E-state index is 12.7. The summed E-state index contributed by atoms with van der Waals surface area (Å²) in [5.41, 5.74) is 0. The summed E-state index contributed by atoms with van der Waals surface area (Å²) in [6.07, 6.45) is 4.31. The van der Waals surface area contributed by atoms with Gasteiger partial charge in [0.1, 0.15) is 23.4 Å². The van der Waals surface area contributed by atoms with Crippen molar-refractivity contribution in [1.29, 1.82) is 0 Å². The minimum Gasteiger partial charge on any atom is -0.493 e. The molecule has 0 saturated carbocycles. The maximum atomic E-state index is 12.7. The highest BCUT2D eigenvalue weighted by Gasteiger charge is 2.38. The average molecular weight is 562 g/mol. The Bertz CT molecular complexity index is 1330. The predicted molar refractivity (Wildman–Crippen MR) is 153 cm³/mol. The van der Waals surface area contributed by atoms with Crippen LogP contribution in [-0.2, 0) is 4.79 Å². The lowest BCUT2D eigenvalue weighted by Gasteiger charge is -2.31. The van der Waals surface area contributed by atoms with Crippen molar-refractivity contribution in [1.82, 2.24) is 20.2 Å². The van der Waals surface area contributed by atoms with Crippen molar-refractivity contribution >= 4 is 35.1 Å². The Kier molecular flexibility index (Phi) is 8.40. The third-order valence-electron chi connectivity index (χ3n) is 6.83. The average Bonchev–Trinajstić information content (AvgIpc) is 3.27. The molecule has 3 aromatic rings. The number of piperidine rings is 1. The number of hydrogen-bond acceptors (Lipinski definition) is 8. The van der Waals surface area contributed by atoms with E-state index in [2.05, 4.69) is 15.3 Å². The Balaban J connectivity index is 1.05. The number of hydrogen-bond donors (Lipinski definition) is 1. The lowest BCUT2D eigenvalue weighted by molar-refractivity contribution is -0.119. The Morgan fingerprint density at radius 1 is 1.02 bits per heavy atom. The second kappa shape index (κ2) is 12.3. The molecule has 40 heavy (non-hydrogen) atoms. The van der Waals surface area contributed by atoms with Crippen LogP contribution >= 0.6 is 12.2 Å². The molecule has 208 valence electrons. The SMILES string of the molecule is CC(C)C1NC(=S)N(c2ccc(OC(=O)N3CCC(COc4ccc(Oc5ccccn5)cc4)CC3)cn2)C1=O. The van der Waals surface area contributed by atoms with Gasteiger partial charge in [-0.1, -0.05) is 19.9 Å². The fraction of sp³-hybridized carbons (Fsp3) is 0.345. The van der Waals surface area contributed by atoms with Crippen molar-refractivity contribution < 1.29 is 23.8 Å². The highest BCUT2D eigenvalue weighted by atomic mass is 32.1. The number of carbonyl (C=O) groups excluding carboxylic acids is 2. The largest absolute Gasteiger partial charge is 0.493 e. The minimum absolute atomic E-state index is 0.0937. The molecule has 11 heteroatoms. The summed E-state index contributed by atoms with van der Waals surface area (Å²) in [5.74, 6) is 2.97. The quantitative estimate of drug-likeness (QED) is 0.388. The first kappa shape index (κ1) is 27.3. The highest BCUT2D eigenvalue weighted by molar-refractivity contribution is 7.80. The Morgan fingerprint density at radius 3 is 2.38 bits per heavy atom. The van der Waals surface area contributed by atoms with Gasteiger partial charge >= 0.3 is 6.09 Å². The normalized spacial score (nSPS) is 17.6. The summed E-state index contributed by atoms with van der Waals surface area (Å²) in [6.45, 7) is 5.63. The maximum Gasteiger partial charge on any atom is 0.415 e. The van der Waals surface area contributed by atoms with Crippen molar-refractivity contribution in [3.05, 3.63) is 67.0 Å². The number of nitrogens with zero attached hydrogens (tertiary/aromatic N) is 4. The van der Waals surface area contributed by atoms with Crippen molar-refractivity contribution in [3.63, 3.8) is 0 Å². The van der Waals surface area contributed by atoms with Crippen LogP contribution in [0.3, 0.4) is 0 Å². The Morgan fingerprint density at radius 2 is 1.75 bits per heavy atom. The van der Waals surface area contributed by atoms with E-state index in [1.165, 1.54) is 11.1 Å². The lowest BCUT2D eigenvalue weighted by atomic mass is 9.98. The number of rotatable bonds is 8. The van der Waals surface area contributed by atoms with E-state index in [-0.39, 0.29) is 17.9 Å². The van der Waals surface area contributed by atoms with Gasteiger partial charge < -0.3 is 24.4 Å². The van der Waals surface area contributed by atoms with E-state index in [9.17, 15) is 9.59 Å². The van der Waals surface area contributed by atoms with Crippen LogP contribution in [0.25, 0.3) is 0 Å². The van der Waals surface area contributed by atoms with Crippen molar-refractivity contribution in [3.8, 4) is 23.1 Å². The zero-order valence-electron chi connectivity index (χ0n) is 22.4. The smallest absolute Gasteiger partial charge is 0.415 e. The summed E-state index contributed by atoms with van der Waals surface area (Å²) < 4.78 is 17.2. The van der Waals surface area contributed by atoms with Crippen LogP contribution in [0, 0.1) is 11.8 Å². The van der Waals surface area contributed by atoms with Gasteiger partial charge in [-0.05, 0) is 79.4 Å². The van der Waals surface area contributed by atoms with Crippen LogP contribution < -0.4 is 24.4 Å². The van der Waals surface area contributed by atoms with Crippen molar-refractivity contribution in [2.24, 2.45) is 11.8 Å². The molecule has 1 N–H and O–H groups in total. The van der Waals surface area contributed by atoms with E-state index < -0.39 is 6.09 Å². The first-order valence-electron chi connectivity index (χ1n) is 13.3. The lowest BCUT2D eigenvalue weighted by Crippen LogP contribution is -2.41. The van der Waals surface area contributed by atoms with E-state index >= 15 is 0 Å². The molecule has 2 fully saturated rings. The molecule has 0 spiro atoms. The van der Waals surface area contributed by atoms with Crippen LogP contribution in [0.1, 0.15) is 26.7 Å². The molecule has 1 unspecified atom stereocenters. The van der Waals surface area contributed by atoms with E-state index in [1.807, 2.05) is 50.2 Å². The fourth-order valence-electron chi connectivity index (χ4n) is 4.53. The number of anilines is 1. The highest BCUT2D eigenvalue weighted by Crippen LogP contribution is 2.26. The number of benzene rings is 1. The summed E-state index contributed by atoms with van der Waals surface area (Å²) in [7, 11) is 0. The number of carbonyl (C=O) groups is 2. The van der Waals surface area contributed by atoms with Gasteiger partial charge in [-0.25, -0.2) is 19.7 Å². The minimum atomic E-state index is -0.424. The topological polar surface area (TPSA) is 106 Å². The van der Waals surface area contributed by atoms with E-state index in [1.54, 1.807) is 29.3 Å². The third-order valence-corrected chi connectivity index (χ3v) is 7.13. The second-order valence-corrected chi connectivity index (χ2v) is 10.4. The molecule has 1 aromatic carbocycles. The Labute approximate surface area is 238 Å². The van der Waals surface area contributed by atoms with E-state index in [0.717, 1.165) is 18.6 Å². The number of amides is 2. The molecule has 2 aromatic heterocycles. The fourth-order valence-corrected chi connectivity index (χ4v) is 4.84. The van der Waals surface area contributed by atoms with Crippen molar-refractivity contribution in [2.75, 3.05) is 24.6 Å². The van der Waals surface area contributed by atoms with Crippen LogP contribution in [-0.4, -0.2) is 57.7 Å². The van der Waals surface area contributed by atoms with Gasteiger partial charge in [0.2, 0.25) is 5.88 Å². The van der Waals surface area contributed by atoms with Crippen LogP contribution in [0.2, 0.25) is 0 Å².